The molecule has 1 atom stereocenters. The molecule has 0 bridgehead atoms. The number of anilines is 1. The largest absolute Gasteiger partial charge is 0.481 e. The molecule has 0 fully saturated rings. The van der Waals surface area contributed by atoms with Gasteiger partial charge in [0.15, 0.2) is 5.13 Å². The van der Waals surface area contributed by atoms with Crippen molar-refractivity contribution in [3.63, 3.8) is 0 Å². The molecule has 0 radical (unpaired) electrons. The molecule has 0 aliphatic rings. The molecule has 2 aromatic rings. The highest BCUT2D eigenvalue weighted by molar-refractivity contribution is 7.22. The fourth-order valence-electron chi connectivity index (χ4n) is 1.41. The minimum Gasteiger partial charge on any atom is -0.481 e. The van der Waals surface area contributed by atoms with Gasteiger partial charge >= 0.3 is 5.97 Å². The molecule has 1 amide bonds. The number of nitrogens with one attached hydrogen (secondary N) is 1. The third kappa shape index (κ3) is 2.48. The molecule has 94 valence electrons. The van der Waals surface area contributed by atoms with Crippen molar-refractivity contribution < 1.29 is 14.7 Å². The van der Waals surface area contributed by atoms with Gasteiger partial charge in [0.2, 0.25) is 5.91 Å². The molecule has 1 heterocycles. The van der Waals surface area contributed by atoms with Crippen LogP contribution in [0.4, 0.5) is 5.13 Å². The Morgan fingerprint density at radius 3 is 2.83 bits per heavy atom. The lowest BCUT2D eigenvalue weighted by Crippen LogP contribution is -2.26. The Kier molecular flexibility index (Phi) is 3.29. The van der Waals surface area contributed by atoms with Gasteiger partial charge in [-0.15, -0.1) is 0 Å². The number of carboxylic acids is 1. The number of hydrogen-bond acceptors (Lipinski definition) is 4. The zero-order valence-electron chi connectivity index (χ0n) is 9.93. The van der Waals surface area contributed by atoms with Gasteiger partial charge in [-0.1, -0.05) is 17.4 Å². The van der Waals surface area contributed by atoms with Crippen LogP contribution in [0.1, 0.15) is 12.5 Å². The van der Waals surface area contributed by atoms with E-state index in [4.69, 9.17) is 5.11 Å². The van der Waals surface area contributed by atoms with E-state index >= 15 is 0 Å². The minimum absolute atomic E-state index is 0.425. The van der Waals surface area contributed by atoms with Gasteiger partial charge in [-0.2, -0.15) is 0 Å². The zero-order chi connectivity index (χ0) is 13.3. The standard InChI is InChI=1S/C12H12N2O3S/c1-6-3-4-8-9(5-6)18-12(13-8)14-10(15)7(2)11(16)17/h3-5,7H,1-2H3,(H,16,17)(H,13,14,15). The van der Waals surface area contributed by atoms with Crippen LogP contribution in [0.2, 0.25) is 0 Å². The highest BCUT2D eigenvalue weighted by atomic mass is 32.1. The third-order valence-corrected chi connectivity index (χ3v) is 3.47. The van der Waals surface area contributed by atoms with Crippen molar-refractivity contribution in [2.45, 2.75) is 13.8 Å². The van der Waals surface area contributed by atoms with E-state index < -0.39 is 17.8 Å². The maximum atomic E-state index is 11.6. The Hall–Kier alpha value is -1.95. The molecular weight excluding hydrogens is 252 g/mol. The third-order valence-electron chi connectivity index (χ3n) is 2.54. The van der Waals surface area contributed by atoms with E-state index in [-0.39, 0.29) is 0 Å². The summed E-state index contributed by atoms with van der Waals surface area (Å²) in [5, 5.41) is 11.7. The van der Waals surface area contributed by atoms with Crippen molar-refractivity contribution in [1.82, 2.24) is 4.98 Å². The first-order valence-electron chi connectivity index (χ1n) is 5.38. The van der Waals surface area contributed by atoms with E-state index in [2.05, 4.69) is 10.3 Å². The lowest BCUT2D eigenvalue weighted by molar-refractivity contribution is -0.144. The average molecular weight is 264 g/mol. The number of aliphatic carboxylic acids is 1. The minimum atomic E-state index is -1.15. The van der Waals surface area contributed by atoms with E-state index in [0.29, 0.717) is 5.13 Å². The zero-order valence-corrected chi connectivity index (χ0v) is 10.7. The van der Waals surface area contributed by atoms with E-state index in [1.165, 1.54) is 18.3 Å². The number of aromatic nitrogens is 1. The lowest BCUT2D eigenvalue weighted by Gasteiger charge is -2.04. The summed E-state index contributed by atoms with van der Waals surface area (Å²) in [5.41, 5.74) is 1.91. The van der Waals surface area contributed by atoms with Gasteiger partial charge in [-0.3, -0.25) is 9.59 Å². The molecule has 18 heavy (non-hydrogen) atoms. The summed E-state index contributed by atoms with van der Waals surface area (Å²) in [6, 6.07) is 5.79. The Bertz CT molecular complexity index is 621. The molecule has 0 aliphatic carbocycles. The van der Waals surface area contributed by atoms with Crippen LogP contribution in [0.25, 0.3) is 10.2 Å². The lowest BCUT2D eigenvalue weighted by atomic mass is 10.2. The molecule has 1 aromatic heterocycles. The second-order valence-corrected chi connectivity index (χ2v) is 5.07. The number of carboxylic acid groups (broad SMARTS) is 1. The molecule has 2 N–H and O–H groups in total. The van der Waals surface area contributed by atoms with Gasteiger partial charge in [-0.25, -0.2) is 4.98 Å². The topological polar surface area (TPSA) is 79.3 Å². The summed E-state index contributed by atoms with van der Waals surface area (Å²) < 4.78 is 0.966. The fraction of sp³-hybridized carbons (Fsp3) is 0.250. The number of carbonyl (C=O) groups is 2. The van der Waals surface area contributed by atoms with Gasteiger partial charge in [0, 0.05) is 0 Å². The average Bonchev–Trinajstić information content (AvgIpc) is 2.68. The first-order chi connectivity index (χ1) is 8.47. The number of benzene rings is 1. The van der Waals surface area contributed by atoms with E-state index in [1.54, 1.807) is 0 Å². The summed E-state index contributed by atoms with van der Waals surface area (Å²) in [7, 11) is 0. The summed E-state index contributed by atoms with van der Waals surface area (Å²) in [6.07, 6.45) is 0. The second-order valence-electron chi connectivity index (χ2n) is 4.04. The number of amides is 1. The SMILES string of the molecule is Cc1ccc2nc(NC(=O)C(C)C(=O)O)sc2c1. The second kappa shape index (κ2) is 4.73. The number of rotatable bonds is 3. The fourth-order valence-corrected chi connectivity index (χ4v) is 2.38. The Balaban J connectivity index is 2.22. The first-order valence-corrected chi connectivity index (χ1v) is 6.20. The van der Waals surface area contributed by atoms with E-state index in [9.17, 15) is 9.59 Å². The highest BCUT2D eigenvalue weighted by Crippen LogP contribution is 2.26. The summed E-state index contributed by atoms with van der Waals surface area (Å²) >= 11 is 1.33. The molecule has 5 nitrogen and oxygen atoms in total. The normalized spacial score (nSPS) is 12.3. The van der Waals surface area contributed by atoms with Crippen molar-refractivity contribution in [3.8, 4) is 0 Å². The Morgan fingerprint density at radius 1 is 1.44 bits per heavy atom. The monoisotopic (exact) mass is 264 g/mol. The van der Waals surface area contributed by atoms with Crippen LogP contribution in [0.15, 0.2) is 18.2 Å². The summed E-state index contributed by atoms with van der Waals surface area (Å²) in [5.74, 6) is -2.79. The maximum absolute atomic E-state index is 11.6. The molecule has 6 heteroatoms. The number of fused-ring (bicyclic) bond motifs is 1. The molecule has 0 saturated heterocycles. The van der Waals surface area contributed by atoms with Crippen LogP contribution in [0.5, 0.6) is 0 Å². The quantitative estimate of drug-likeness (QED) is 0.833. The van der Waals surface area contributed by atoms with Crippen molar-refractivity contribution in [3.05, 3.63) is 23.8 Å². The van der Waals surface area contributed by atoms with Crippen molar-refractivity contribution in [2.75, 3.05) is 5.32 Å². The predicted molar refractivity (Wildman–Crippen MR) is 69.8 cm³/mol. The van der Waals surface area contributed by atoms with Crippen molar-refractivity contribution in [1.29, 1.82) is 0 Å². The van der Waals surface area contributed by atoms with Gasteiger partial charge < -0.3 is 10.4 Å². The van der Waals surface area contributed by atoms with E-state index in [1.807, 2.05) is 25.1 Å². The summed E-state index contributed by atoms with van der Waals surface area (Å²) in [4.78, 5) is 26.5. The van der Waals surface area contributed by atoms with E-state index in [0.717, 1.165) is 15.8 Å². The number of carbonyl (C=O) groups excluding carboxylic acids is 1. The molecule has 0 aliphatic heterocycles. The molecule has 2 rings (SSSR count). The first kappa shape index (κ1) is 12.5. The van der Waals surface area contributed by atoms with Gasteiger partial charge in [0.1, 0.15) is 5.92 Å². The highest BCUT2D eigenvalue weighted by Gasteiger charge is 2.21. The Morgan fingerprint density at radius 2 is 2.17 bits per heavy atom. The van der Waals surface area contributed by atoms with Crippen LogP contribution >= 0.6 is 11.3 Å². The van der Waals surface area contributed by atoms with Crippen molar-refractivity contribution in [2.24, 2.45) is 5.92 Å². The van der Waals surface area contributed by atoms with Gasteiger partial charge in [0.05, 0.1) is 10.2 Å². The summed E-state index contributed by atoms with van der Waals surface area (Å²) in [6.45, 7) is 3.32. The number of aryl methyl sites for hydroxylation is 1. The number of nitrogens with zero attached hydrogens (tertiary/aromatic N) is 1. The van der Waals surface area contributed by atoms with Crippen LogP contribution in [-0.4, -0.2) is 22.0 Å². The molecule has 1 aromatic carbocycles. The predicted octanol–water partition coefficient (Wildman–Crippen LogP) is 2.26. The number of thiazole rings is 1. The van der Waals surface area contributed by atoms with Crippen LogP contribution in [-0.2, 0) is 9.59 Å². The van der Waals surface area contributed by atoms with Crippen LogP contribution < -0.4 is 5.32 Å². The maximum Gasteiger partial charge on any atom is 0.315 e. The molecule has 1 unspecified atom stereocenters. The number of hydrogen-bond donors (Lipinski definition) is 2. The van der Waals surface area contributed by atoms with Gasteiger partial charge in [0.25, 0.3) is 0 Å². The molecule has 0 spiro atoms. The Labute approximate surface area is 107 Å². The molecule has 0 saturated carbocycles. The molecular formula is C12H12N2O3S. The van der Waals surface area contributed by atoms with Crippen LogP contribution in [0.3, 0.4) is 0 Å². The van der Waals surface area contributed by atoms with Crippen molar-refractivity contribution >= 4 is 38.6 Å². The van der Waals surface area contributed by atoms with Crippen LogP contribution in [0, 0.1) is 12.8 Å². The smallest absolute Gasteiger partial charge is 0.315 e. The van der Waals surface area contributed by atoms with Gasteiger partial charge in [-0.05, 0) is 31.5 Å².